The Morgan fingerprint density at radius 1 is 0.410 bits per heavy atom. The van der Waals surface area contributed by atoms with E-state index in [0.29, 0.717) is 75.9 Å². The van der Waals surface area contributed by atoms with Crippen LogP contribution in [0, 0.1) is 78.2 Å². The van der Waals surface area contributed by atoms with Crippen molar-refractivity contribution in [3.63, 3.8) is 0 Å². The van der Waals surface area contributed by atoms with Crippen LogP contribution in [0.5, 0.6) is 23.0 Å². The highest BCUT2D eigenvalue weighted by Gasteiger charge is 2.34. The van der Waals surface area contributed by atoms with E-state index in [1.54, 1.807) is 0 Å². The normalized spacial score (nSPS) is 12.7. The fourth-order valence-electron chi connectivity index (χ4n) is 13.9. The van der Waals surface area contributed by atoms with Crippen LogP contribution in [0.4, 0.5) is 8.78 Å². The molecule has 0 fully saturated rings. The summed E-state index contributed by atoms with van der Waals surface area (Å²) in [4.78, 5) is 0. The van der Waals surface area contributed by atoms with Gasteiger partial charge in [-0.2, -0.15) is 0 Å². The summed E-state index contributed by atoms with van der Waals surface area (Å²) in [6, 6.07) is 40.1. The maximum absolute atomic E-state index is 16.2. The molecule has 10 rings (SSSR count). The van der Waals surface area contributed by atoms with E-state index in [1.807, 2.05) is 26.0 Å². The van der Waals surface area contributed by atoms with Crippen LogP contribution in [0.15, 0.2) is 121 Å². The molecular formula is C75H84F2N2O4. The minimum Gasteiger partial charge on any atom is -0.711 e. The van der Waals surface area contributed by atoms with Gasteiger partial charge in [0.05, 0.1) is 44.6 Å². The Hall–Kier alpha value is -7.58. The lowest BCUT2D eigenvalue weighted by atomic mass is 9.71. The fraction of sp³-hybridized carbons (Fsp3) is 0.333. The van der Waals surface area contributed by atoms with E-state index in [1.165, 1.54) is 24.3 Å². The maximum Gasteiger partial charge on any atom is 0.237 e. The first-order valence-electron chi connectivity index (χ1n) is 29.2. The molecule has 0 unspecified atom stereocenters. The highest BCUT2D eigenvalue weighted by atomic mass is 19.1. The van der Waals surface area contributed by atoms with Crippen molar-refractivity contribution in [3.05, 3.63) is 192 Å². The van der Waals surface area contributed by atoms with Crippen LogP contribution in [-0.4, -0.2) is 32.6 Å². The molecule has 0 spiro atoms. The molecule has 6 nitrogen and oxygen atoms in total. The Labute approximate surface area is 491 Å². The second-order valence-electron chi connectivity index (χ2n) is 27.7. The SMILES string of the molecule is [CH2-][O+](CCC[O+]([CH2-])c1c(C)cc(F)cc1-c1cc(C(C)(C)CC(C)(C)C)cc(-n2c3cc(C)ccc3c3ccc(C)cc32)c1O)c1c(C)cc(F)cc1-c1cc(C(C)(C)CC(C)(C)C)cc(-n2c3cc(C)ccc3c3ccc(C)cc32)c1O. The summed E-state index contributed by atoms with van der Waals surface area (Å²) in [7, 11) is 9.07. The average Bonchev–Trinajstić information content (AvgIpc) is 1.90. The van der Waals surface area contributed by atoms with Crippen molar-refractivity contribution in [1.82, 2.24) is 9.13 Å². The van der Waals surface area contributed by atoms with Gasteiger partial charge in [-0.1, -0.05) is 118 Å². The summed E-state index contributed by atoms with van der Waals surface area (Å²) in [5, 5.41) is 30.3. The molecule has 0 aliphatic heterocycles. The Kier molecular flexibility index (Phi) is 15.0. The third-order valence-electron chi connectivity index (χ3n) is 16.7. The maximum atomic E-state index is 16.2. The molecule has 10 aromatic rings. The predicted octanol–water partition coefficient (Wildman–Crippen LogP) is 21.4. The van der Waals surface area contributed by atoms with Crippen molar-refractivity contribution >= 4 is 43.6 Å². The van der Waals surface area contributed by atoms with Crippen LogP contribution in [0.1, 0.15) is 133 Å². The van der Waals surface area contributed by atoms with Crippen molar-refractivity contribution in [1.29, 1.82) is 0 Å². The summed E-state index contributed by atoms with van der Waals surface area (Å²) >= 11 is 0. The first kappa shape index (κ1) is 58.6. The highest BCUT2D eigenvalue weighted by molar-refractivity contribution is 6.11. The van der Waals surface area contributed by atoms with Crippen LogP contribution in [0.3, 0.4) is 0 Å². The first-order valence-corrected chi connectivity index (χ1v) is 29.2. The van der Waals surface area contributed by atoms with Crippen LogP contribution in [0.2, 0.25) is 0 Å². The van der Waals surface area contributed by atoms with Crippen LogP contribution in [-0.2, 0) is 19.6 Å². The number of hydrogen-bond acceptors (Lipinski definition) is 2. The smallest absolute Gasteiger partial charge is 0.237 e. The molecule has 0 saturated heterocycles. The monoisotopic (exact) mass is 1110 g/mol. The lowest BCUT2D eigenvalue weighted by Gasteiger charge is -2.35. The molecule has 83 heavy (non-hydrogen) atoms. The summed E-state index contributed by atoms with van der Waals surface area (Å²) in [6.07, 6.45) is 2.16. The molecule has 0 atom stereocenters. The van der Waals surface area contributed by atoms with Gasteiger partial charge in [0, 0.05) is 43.8 Å². The minimum absolute atomic E-state index is 0.0288. The third kappa shape index (κ3) is 11.2. The minimum atomic E-state index is -0.432. The number of hydrogen-bond donors (Lipinski definition) is 2. The molecule has 0 aliphatic carbocycles. The van der Waals surface area contributed by atoms with Crippen molar-refractivity contribution < 1.29 is 27.7 Å². The lowest BCUT2D eigenvalue weighted by molar-refractivity contribution is -0.0170. The Balaban J connectivity index is 1.07. The average molecular weight is 1120 g/mol. The van der Waals surface area contributed by atoms with Crippen LogP contribution >= 0.6 is 0 Å². The Bertz CT molecular complexity index is 3810. The van der Waals surface area contributed by atoms with E-state index < -0.39 is 11.6 Å². The number of aromatic hydroxyl groups is 2. The van der Waals surface area contributed by atoms with Gasteiger partial charge < -0.3 is 28.1 Å². The molecule has 2 aromatic heterocycles. The van der Waals surface area contributed by atoms with Gasteiger partial charge in [-0.25, -0.2) is 8.78 Å². The van der Waals surface area contributed by atoms with Crippen molar-refractivity contribution in [2.24, 2.45) is 10.8 Å². The number of fused-ring (bicyclic) bond motifs is 6. The molecule has 0 radical (unpaired) electrons. The number of aromatic nitrogens is 2. The van der Waals surface area contributed by atoms with Crippen LogP contribution in [0.25, 0.3) is 77.2 Å². The fourth-order valence-corrected chi connectivity index (χ4v) is 13.9. The van der Waals surface area contributed by atoms with Gasteiger partial charge in [-0.15, -0.1) is 0 Å². The zero-order chi connectivity index (χ0) is 60.2. The topological polar surface area (TPSA) is 55.7 Å². The van der Waals surface area contributed by atoms with E-state index in [2.05, 4.69) is 214 Å². The van der Waals surface area contributed by atoms with Crippen molar-refractivity contribution in [2.75, 3.05) is 13.2 Å². The van der Waals surface area contributed by atoms with Crippen molar-refractivity contribution in [2.45, 2.75) is 141 Å². The van der Waals surface area contributed by atoms with Gasteiger partial charge in [-0.3, -0.25) is 0 Å². The van der Waals surface area contributed by atoms with E-state index in [9.17, 15) is 10.2 Å². The number of rotatable bonds is 14. The number of aryl methyl sites for hydroxylation is 6. The summed E-state index contributed by atoms with van der Waals surface area (Å²) in [5.41, 5.74) is 13.9. The van der Waals surface area contributed by atoms with Crippen molar-refractivity contribution in [3.8, 4) is 56.6 Å². The van der Waals surface area contributed by atoms with Crippen LogP contribution < -0.4 is 0 Å². The molecule has 2 heterocycles. The molecular weight excluding hydrogens is 1030 g/mol. The molecule has 8 heteroatoms. The van der Waals surface area contributed by atoms with E-state index in [-0.39, 0.29) is 33.2 Å². The van der Waals surface area contributed by atoms with Gasteiger partial charge in [0.15, 0.2) is 13.2 Å². The zero-order valence-corrected chi connectivity index (χ0v) is 51.9. The van der Waals surface area contributed by atoms with Gasteiger partial charge in [0.25, 0.3) is 0 Å². The molecule has 0 amide bonds. The van der Waals surface area contributed by atoms with E-state index in [0.717, 1.165) is 89.8 Å². The quantitative estimate of drug-likeness (QED) is 0.0842. The largest absolute Gasteiger partial charge is 0.711 e. The molecule has 0 aliphatic rings. The second kappa shape index (κ2) is 21.2. The van der Waals surface area contributed by atoms with Gasteiger partial charge in [-0.05, 0) is 196 Å². The third-order valence-corrected chi connectivity index (χ3v) is 16.7. The Morgan fingerprint density at radius 2 is 0.711 bits per heavy atom. The lowest BCUT2D eigenvalue weighted by Crippen LogP contribution is -2.25. The summed E-state index contributed by atoms with van der Waals surface area (Å²) < 4.78 is 42.7. The molecule has 0 saturated carbocycles. The van der Waals surface area contributed by atoms with E-state index in [4.69, 9.17) is 0 Å². The van der Waals surface area contributed by atoms with Gasteiger partial charge >= 0.3 is 0 Å². The number of phenolic OH excluding ortho intramolecular Hbond substituents is 2. The number of phenols is 2. The number of halogens is 2. The highest BCUT2D eigenvalue weighted by Crippen LogP contribution is 2.52. The molecule has 8 aromatic carbocycles. The summed E-state index contributed by atoms with van der Waals surface area (Å²) in [5.74, 6) is 0.406. The molecule has 432 valence electrons. The first-order chi connectivity index (χ1) is 38.8. The van der Waals surface area contributed by atoms with E-state index >= 15 is 8.78 Å². The van der Waals surface area contributed by atoms with Gasteiger partial charge in [0.2, 0.25) is 11.5 Å². The zero-order valence-electron chi connectivity index (χ0n) is 51.9. The summed E-state index contributed by atoms with van der Waals surface area (Å²) in [6.45, 7) is 35.1. The molecule has 0 bridgehead atoms. The Morgan fingerprint density at radius 3 is 1.00 bits per heavy atom. The predicted molar refractivity (Wildman–Crippen MR) is 344 cm³/mol. The van der Waals surface area contributed by atoms with Gasteiger partial charge in [0.1, 0.15) is 29.6 Å². The second-order valence-corrected chi connectivity index (χ2v) is 27.7. The molecule has 2 N–H and O–H groups in total. The number of nitrogens with zero attached hydrogens (tertiary/aromatic N) is 2. The number of benzene rings is 8. The standard InChI is InChI=1S/C75H84F2N2O4/c1-44-20-24-54-55-25-21-45(2)31-63(55)78(62(54)30-44)66-38-50(74(13,14)42-72(7,8)9)36-58(68(66)80)60-40-52(76)34-48(5)70(60)82(17)28-19-29-83(18)71-49(6)35-53(77)41-61(71)59-37-51(75(15,16)43-73(10,11)12)39-67(69(59)81)79-64-32-46(3)22-26-56(64)57-27-23-47(4)33-65(57)79/h20-27,30-41,80-81H,17-19,28-29,42-43H2,1-16H3.